The second-order valence-corrected chi connectivity index (χ2v) is 4.96. The van der Waals surface area contributed by atoms with Crippen molar-refractivity contribution in [3.05, 3.63) is 34.9 Å². The van der Waals surface area contributed by atoms with Crippen LogP contribution in [0.5, 0.6) is 0 Å². The van der Waals surface area contributed by atoms with Crippen LogP contribution in [0.1, 0.15) is 28.4 Å². The summed E-state index contributed by atoms with van der Waals surface area (Å²) in [5.41, 5.74) is 0.952. The van der Waals surface area contributed by atoms with Crippen LogP contribution < -0.4 is 0 Å². The molecule has 0 amide bonds. The lowest BCUT2D eigenvalue weighted by Crippen LogP contribution is -2.39. The summed E-state index contributed by atoms with van der Waals surface area (Å²) in [5.74, 6) is -1.19. The van der Waals surface area contributed by atoms with Crippen molar-refractivity contribution < 1.29 is 23.9 Å². The van der Waals surface area contributed by atoms with E-state index in [1.807, 2.05) is 0 Å². The van der Waals surface area contributed by atoms with Crippen molar-refractivity contribution in [3.63, 3.8) is 0 Å². The van der Waals surface area contributed by atoms with Gasteiger partial charge in [-0.2, -0.15) is 0 Å². The Labute approximate surface area is 116 Å². The van der Waals surface area contributed by atoms with Crippen LogP contribution in [0.3, 0.4) is 0 Å². The molecule has 5 nitrogen and oxygen atoms in total. The van der Waals surface area contributed by atoms with E-state index in [1.165, 1.54) is 21.1 Å². The summed E-state index contributed by atoms with van der Waals surface area (Å²) >= 11 is 0. The highest BCUT2D eigenvalue weighted by Gasteiger charge is 2.49. The second-order valence-electron chi connectivity index (χ2n) is 4.96. The van der Waals surface area contributed by atoms with E-state index in [0.717, 1.165) is 11.1 Å². The van der Waals surface area contributed by atoms with Crippen LogP contribution in [0, 0.1) is 5.41 Å². The Kier molecular flexibility index (Phi) is 3.61. The van der Waals surface area contributed by atoms with E-state index in [1.54, 1.807) is 18.2 Å². The molecular weight excluding hydrogens is 260 g/mol. The number of fused-ring (bicyclic) bond motifs is 1. The van der Waals surface area contributed by atoms with E-state index < -0.39 is 17.4 Å². The van der Waals surface area contributed by atoms with E-state index in [0.29, 0.717) is 12.0 Å². The Morgan fingerprint density at radius 3 is 2.25 bits per heavy atom. The third-order valence-corrected chi connectivity index (χ3v) is 3.86. The number of hydrogen-bond acceptors (Lipinski definition) is 5. The topological polar surface area (TPSA) is 69.7 Å². The van der Waals surface area contributed by atoms with Gasteiger partial charge >= 0.3 is 11.9 Å². The maximum Gasteiger partial charge on any atom is 0.337 e. The lowest BCUT2D eigenvalue weighted by molar-refractivity contribution is -0.156. The van der Waals surface area contributed by atoms with E-state index in [9.17, 15) is 14.4 Å². The number of rotatable bonds is 3. The quantitative estimate of drug-likeness (QED) is 0.615. The molecule has 0 N–H and O–H groups in total. The van der Waals surface area contributed by atoms with Crippen LogP contribution in [0.4, 0.5) is 0 Å². The molecule has 1 aromatic carbocycles. The fraction of sp³-hybridized carbons (Fsp3) is 0.400. The maximum absolute atomic E-state index is 12.0. The molecule has 0 saturated heterocycles. The monoisotopic (exact) mass is 276 g/mol. The van der Waals surface area contributed by atoms with Gasteiger partial charge in [-0.05, 0) is 43.0 Å². The van der Waals surface area contributed by atoms with Crippen molar-refractivity contribution >= 4 is 17.7 Å². The van der Waals surface area contributed by atoms with Gasteiger partial charge in [0.05, 0.1) is 19.8 Å². The van der Waals surface area contributed by atoms with Gasteiger partial charge in [0.15, 0.2) is 0 Å². The first-order valence-electron chi connectivity index (χ1n) is 6.24. The summed E-state index contributed by atoms with van der Waals surface area (Å²) in [5, 5.41) is 0. The molecule has 0 heterocycles. The third-order valence-electron chi connectivity index (χ3n) is 3.86. The smallest absolute Gasteiger partial charge is 0.337 e. The molecule has 0 aromatic heterocycles. The molecule has 1 aliphatic rings. The zero-order chi connectivity index (χ0) is 14.9. The first-order valence-corrected chi connectivity index (χ1v) is 6.24. The van der Waals surface area contributed by atoms with Crippen molar-refractivity contribution in [2.24, 2.45) is 5.41 Å². The molecule has 1 aliphatic carbocycles. The highest BCUT2D eigenvalue weighted by molar-refractivity contribution is 6.04. The van der Waals surface area contributed by atoms with Gasteiger partial charge in [0.1, 0.15) is 11.2 Å². The average Bonchev–Trinajstić information content (AvgIpc) is 2.85. The normalized spacial score (nSPS) is 20.1. The highest BCUT2D eigenvalue weighted by Crippen LogP contribution is 2.39. The fourth-order valence-electron chi connectivity index (χ4n) is 2.65. The summed E-state index contributed by atoms with van der Waals surface area (Å²) in [4.78, 5) is 35.4. The molecule has 0 aliphatic heterocycles. The lowest BCUT2D eigenvalue weighted by Gasteiger charge is -2.22. The molecular formula is C15H16O5. The van der Waals surface area contributed by atoms with Crippen LogP contribution >= 0.6 is 0 Å². The Hall–Kier alpha value is -2.17. The molecule has 1 unspecified atom stereocenters. The fourth-order valence-corrected chi connectivity index (χ4v) is 2.65. The number of methoxy groups -OCH3 is 2. The number of Topliss-reactive ketones (excluding diaryl/α,β-unsaturated/α-hetero) is 1. The summed E-state index contributed by atoms with van der Waals surface area (Å²) in [6.45, 7) is 1.39. The van der Waals surface area contributed by atoms with Crippen LogP contribution in [-0.2, 0) is 31.9 Å². The summed E-state index contributed by atoms with van der Waals surface area (Å²) in [7, 11) is 2.58. The van der Waals surface area contributed by atoms with Crippen molar-refractivity contribution in [1.29, 1.82) is 0 Å². The van der Waals surface area contributed by atoms with E-state index in [-0.39, 0.29) is 12.2 Å². The first kappa shape index (κ1) is 14.2. The molecule has 106 valence electrons. The minimum atomic E-state index is -1.16. The SMILES string of the molecule is COC(=O)c1ccc2c(c1)CC(C(C)=O)(C(=O)OC)C2. The van der Waals surface area contributed by atoms with Crippen molar-refractivity contribution in [2.45, 2.75) is 19.8 Å². The van der Waals surface area contributed by atoms with Gasteiger partial charge in [0.2, 0.25) is 0 Å². The third kappa shape index (κ3) is 2.09. The molecule has 0 bridgehead atoms. The number of esters is 2. The second kappa shape index (κ2) is 5.07. The predicted octanol–water partition coefficient (Wildman–Crippen LogP) is 1.32. The molecule has 0 saturated carbocycles. The van der Waals surface area contributed by atoms with Crippen molar-refractivity contribution in [2.75, 3.05) is 14.2 Å². The van der Waals surface area contributed by atoms with Crippen LogP contribution in [-0.4, -0.2) is 31.9 Å². The number of hydrogen-bond donors (Lipinski definition) is 0. The molecule has 0 spiro atoms. The van der Waals surface area contributed by atoms with Gasteiger partial charge in [-0.1, -0.05) is 6.07 Å². The number of ketones is 1. The maximum atomic E-state index is 12.0. The number of carbonyl (C=O) groups is 3. The van der Waals surface area contributed by atoms with Gasteiger partial charge in [0, 0.05) is 0 Å². The molecule has 0 radical (unpaired) electrons. The minimum absolute atomic E-state index is 0.222. The van der Waals surface area contributed by atoms with Gasteiger partial charge < -0.3 is 9.47 Å². The zero-order valence-electron chi connectivity index (χ0n) is 11.7. The summed E-state index contributed by atoms with van der Waals surface area (Å²) < 4.78 is 9.44. The lowest BCUT2D eigenvalue weighted by atomic mass is 9.81. The Bertz CT molecular complexity index is 590. The predicted molar refractivity (Wildman–Crippen MR) is 70.3 cm³/mol. The van der Waals surface area contributed by atoms with Crippen molar-refractivity contribution in [3.8, 4) is 0 Å². The Morgan fingerprint density at radius 2 is 1.70 bits per heavy atom. The van der Waals surface area contributed by atoms with Crippen LogP contribution in [0.2, 0.25) is 0 Å². The number of benzene rings is 1. The molecule has 20 heavy (non-hydrogen) atoms. The number of ether oxygens (including phenoxy) is 2. The van der Waals surface area contributed by atoms with Crippen LogP contribution in [0.15, 0.2) is 18.2 Å². The van der Waals surface area contributed by atoms with Crippen molar-refractivity contribution in [1.82, 2.24) is 0 Å². The Balaban J connectivity index is 2.41. The summed E-state index contributed by atoms with van der Waals surface area (Å²) in [6, 6.07) is 5.07. The van der Waals surface area contributed by atoms with E-state index >= 15 is 0 Å². The molecule has 1 atom stereocenters. The molecule has 1 aromatic rings. The minimum Gasteiger partial charge on any atom is -0.468 e. The molecule has 0 fully saturated rings. The van der Waals surface area contributed by atoms with Crippen LogP contribution in [0.25, 0.3) is 0 Å². The van der Waals surface area contributed by atoms with E-state index in [2.05, 4.69) is 4.74 Å². The number of carbonyl (C=O) groups excluding carboxylic acids is 3. The first-order chi connectivity index (χ1) is 9.44. The summed E-state index contributed by atoms with van der Waals surface area (Å²) in [6.07, 6.45) is 0.570. The van der Waals surface area contributed by atoms with Gasteiger partial charge in [-0.3, -0.25) is 9.59 Å². The van der Waals surface area contributed by atoms with Gasteiger partial charge in [-0.25, -0.2) is 4.79 Å². The molecule has 5 heteroatoms. The van der Waals surface area contributed by atoms with E-state index in [4.69, 9.17) is 4.74 Å². The standard InChI is InChI=1S/C15H16O5/c1-9(16)15(14(18)20-3)7-11-5-4-10(13(17)19-2)6-12(11)8-15/h4-6H,7-8H2,1-3H3. The van der Waals surface area contributed by atoms with Gasteiger partial charge in [-0.15, -0.1) is 0 Å². The highest BCUT2D eigenvalue weighted by atomic mass is 16.5. The largest absolute Gasteiger partial charge is 0.468 e. The zero-order valence-corrected chi connectivity index (χ0v) is 11.7. The van der Waals surface area contributed by atoms with Gasteiger partial charge in [0.25, 0.3) is 0 Å². The Morgan fingerprint density at radius 1 is 1.05 bits per heavy atom. The average molecular weight is 276 g/mol. The molecule has 2 rings (SSSR count).